The molecular formula is C13H12BrN3OS. The predicted octanol–water partition coefficient (Wildman–Crippen LogP) is 3.11. The number of rotatable bonds is 4. The van der Waals surface area contributed by atoms with E-state index in [0.29, 0.717) is 18.0 Å². The summed E-state index contributed by atoms with van der Waals surface area (Å²) in [5, 5.41) is 4.83. The van der Waals surface area contributed by atoms with Gasteiger partial charge in [0.15, 0.2) is 0 Å². The van der Waals surface area contributed by atoms with E-state index in [1.54, 1.807) is 11.7 Å². The fourth-order valence-electron chi connectivity index (χ4n) is 1.90. The zero-order chi connectivity index (χ0) is 13.2. The summed E-state index contributed by atoms with van der Waals surface area (Å²) in [7, 11) is 0. The Morgan fingerprint density at radius 1 is 1.47 bits per heavy atom. The first kappa shape index (κ1) is 12.7. The molecule has 0 aromatic carbocycles. The average Bonchev–Trinajstić information content (AvgIpc) is 3.12. The maximum Gasteiger partial charge on any atom is 0.253 e. The van der Waals surface area contributed by atoms with E-state index in [4.69, 9.17) is 0 Å². The van der Waals surface area contributed by atoms with Crippen LogP contribution in [0.25, 0.3) is 0 Å². The Labute approximate surface area is 123 Å². The summed E-state index contributed by atoms with van der Waals surface area (Å²) in [6.45, 7) is 0.457. The minimum atomic E-state index is -0.0799. The van der Waals surface area contributed by atoms with Gasteiger partial charge < -0.3 is 5.32 Å². The molecule has 1 amide bonds. The maximum atomic E-state index is 12.2. The number of carbonyl (C=O) groups is 1. The summed E-state index contributed by atoms with van der Waals surface area (Å²) in [6.07, 6.45) is 4.01. The van der Waals surface area contributed by atoms with Crippen molar-refractivity contribution in [3.63, 3.8) is 0 Å². The summed E-state index contributed by atoms with van der Waals surface area (Å²) < 4.78 is 0.829. The largest absolute Gasteiger partial charge is 0.346 e. The summed E-state index contributed by atoms with van der Waals surface area (Å²) in [5.41, 5.74) is 4.23. The van der Waals surface area contributed by atoms with Gasteiger partial charge in [0.1, 0.15) is 0 Å². The van der Waals surface area contributed by atoms with Gasteiger partial charge in [-0.15, -0.1) is 11.3 Å². The Hall–Kier alpha value is -1.27. The molecular weight excluding hydrogens is 326 g/mol. The number of halogens is 1. The standard InChI is InChI=1S/C13H12BrN3OS/c14-9-3-11(12(15-4-9)8-1-2-8)13(18)16-5-10-6-19-7-17-10/h3-4,6-8H,1-2,5H2,(H,16,18). The van der Waals surface area contributed by atoms with Gasteiger partial charge in [0.05, 0.1) is 29.0 Å². The molecule has 19 heavy (non-hydrogen) atoms. The lowest BCUT2D eigenvalue weighted by molar-refractivity contribution is 0.0949. The van der Waals surface area contributed by atoms with Gasteiger partial charge in [-0.05, 0) is 34.8 Å². The van der Waals surface area contributed by atoms with Gasteiger partial charge in [-0.2, -0.15) is 0 Å². The van der Waals surface area contributed by atoms with E-state index in [0.717, 1.165) is 28.7 Å². The Morgan fingerprint density at radius 3 is 3.00 bits per heavy atom. The zero-order valence-corrected chi connectivity index (χ0v) is 12.5. The second-order valence-corrected chi connectivity index (χ2v) is 6.16. The number of pyridine rings is 1. The fraction of sp³-hybridized carbons (Fsp3) is 0.308. The van der Waals surface area contributed by atoms with Crippen LogP contribution in [0.4, 0.5) is 0 Å². The molecule has 0 aliphatic heterocycles. The molecule has 0 saturated heterocycles. The molecule has 0 unspecified atom stereocenters. The third kappa shape index (κ3) is 3.01. The molecule has 3 rings (SSSR count). The predicted molar refractivity (Wildman–Crippen MR) is 77.2 cm³/mol. The molecule has 1 fully saturated rings. The highest BCUT2D eigenvalue weighted by Gasteiger charge is 2.29. The second-order valence-electron chi connectivity index (χ2n) is 4.52. The van der Waals surface area contributed by atoms with Gasteiger partial charge in [-0.1, -0.05) is 0 Å². The summed E-state index contributed by atoms with van der Waals surface area (Å²) in [6, 6.07) is 1.84. The molecule has 0 atom stereocenters. The summed E-state index contributed by atoms with van der Waals surface area (Å²) in [4.78, 5) is 20.8. The molecule has 0 bridgehead atoms. The van der Waals surface area contributed by atoms with Crippen molar-refractivity contribution in [3.8, 4) is 0 Å². The highest BCUT2D eigenvalue weighted by atomic mass is 79.9. The van der Waals surface area contributed by atoms with Crippen LogP contribution in [-0.4, -0.2) is 15.9 Å². The van der Waals surface area contributed by atoms with Crippen LogP contribution < -0.4 is 5.32 Å². The SMILES string of the molecule is O=C(NCc1cscn1)c1cc(Br)cnc1C1CC1. The van der Waals surface area contributed by atoms with Crippen LogP contribution in [0.1, 0.15) is 40.5 Å². The minimum absolute atomic E-state index is 0.0799. The lowest BCUT2D eigenvalue weighted by Gasteiger charge is -2.08. The van der Waals surface area contributed by atoms with Crippen LogP contribution in [-0.2, 0) is 6.54 Å². The number of thiazole rings is 1. The van der Waals surface area contributed by atoms with Crippen LogP contribution in [0.2, 0.25) is 0 Å². The first-order chi connectivity index (χ1) is 9.24. The van der Waals surface area contributed by atoms with E-state index in [1.165, 1.54) is 11.3 Å². The average molecular weight is 338 g/mol. The van der Waals surface area contributed by atoms with Crippen LogP contribution >= 0.6 is 27.3 Å². The van der Waals surface area contributed by atoms with Crippen molar-refractivity contribution >= 4 is 33.2 Å². The molecule has 2 aromatic rings. The van der Waals surface area contributed by atoms with E-state index in [2.05, 4.69) is 31.2 Å². The first-order valence-corrected chi connectivity index (χ1v) is 7.78. The number of hydrogen-bond donors (Lipinski definition) is 1. The van der Waals surface area contributed by atoms with Gasteiger partial charge in [-0.25, -0.2) is 4.98 Å². The molecule has 0 radical (unpaired) electrons. The van der Waals surface area contributed by atoms with Gasteiger partial charge in [0, 0.05) is 22.0 Å². The molecule has 0 spiro atoms. The number of carbonyl (C=O) groups excluding carboxylic acids is 1. The number of aromatic nitrogens is 2. The smallest absolute Gasteiger partial charge is 0.253 e. The van der Waals surface area contributed by atoms with Gasteiger partial charge >= 0.3 is 0 Å². The molecule has 4 nitrogen and oxygen atoms in total. The Bertz CT molecular complexity index is 596. The van der Waals surface area contributed by atoms with Gasteiger partial charge in [0.2, 0.25) is 0 Å². The van der Waals surface area contributed by atoms with Crippen molar-refractivity contribution in [2.45, 2.75) is 25.3 Å². The zero-order valence-electron chi connectivity index (χ0n) is 10.1. The van der Waals surface area contributed by atoms with Crippen LogP contribution in [0, 0.1) is 0 Å². The second kappa shape index (κ2) is 5.38. The lowest BCUT2D eigenvalue weighted by atomic mass is 10.1. The third-order valence-electron chi connectivity index (χ3n) is 3.01. The number of nitrogens with zero attached hydrogens (tertiary/aromatic N) is 2. The van der Waals surface area contributed by atoms with E-state index < -0.39 is 0 Å². The Kier molecular flexibility index (Phi) is 3.61. The van der Waals surface area contributed by atoms with E-state index in [9.17, 15) is 4.79 Å². The lowest BCUT2D eigenvalue weighted by Crippen LogP contribution is -2.24. The minimum Gasteiger partial charge on any atom is -0.346 e. The number of amides is 1. The first-order valence-electron chi connectivity index (χ1n) is 6.05. The van der Waals surface area contributed by atoms with Gasteiger partial charge in [-0.3, -0.25) is 9.78 Å². The van der Waals surface area contributed by atoms with Gasteiger partial charge in [0.25, 0.3) is 5.91 Å². The molecule has 2 aromatic heterocycles. The fourth-order valence-corrected chi connectivity index (χ4v) is 2.79. The number of nitrogens with one attached hydrogen (secondary N) is 1. The molecule has 2 heterocycles. The Morgan fingerprint density at radius 2 is 2.32 bits per heavy atom. The van der Waals surface area contributed by atoms with Crippen LogP contribution in [0.15, 0.2) is 27.6 Å². The van der Waals surface area contributed by atoms with Crippen molar-refractivity contribution < 1.29 is 4.79 Å². The van der Waals surface area contributed by atoms with Crippen LogP contribution in [0.5, 0.6) is 0 Å². The van der Waals surface area contributed by atoms with Crippen molar-refractivity contribution in [1.82, 2.24) is 15.3 Å². The highest BCUT2D eigenvalue weighted by molar-refractivity contribution is 9.10. The highest BCUT2D eigenvalue weighted by Crippen LogP contribution is 2.40. The number of hydrogen-bond acceptors (Lipinski definition) is 4. The molecule has 1 N–H and O–H groups in total. The summed E-state index contributed by atoms with van der Waals surface area (Å²) in [5.74, 6) is 0.372. The van der Waals surface area contributed by atoms with Crippen LogP contribution in [0.3, 0.4) is 0 Å². The maximum absolute atomic E-state index is 12.2. The molecule has 1 aliphatic carbocycles. The van der Waals surface area contributed by atoms with Crippen molar-refractivity contribution in [2.24, 2.45) is 0 Å². The monoisotopic (exact) mass is 337 g/mol. The molecule has 6 heteroatoms. The van der Waals surface area contributed by atoms with Crippen molar-refractivity contribution in [1.29, 1.82) is 0 Å². The quantitative estimate of drug-likeness (QED) is 0.932. The van der Waals surface area contributed by atoms with E-state index >= 15 is 0 Å². The van der Waals surface area contributed by atoms with Crippen molar-refractivity contribution in [2.75, 3.05) is 0 Å². The molecule has 1 aliphatic rings. The third-order valence-corrected chi connectivity index (χ3v) is 4.08. The summed E-state index contributed by atoms with van der Waals surface area (Å²) >= 11 is 4.90. The van der Waals surface area contributed by atoms with E-state index in [-0.39, 0.29) is 5.91 Å². The van der Waals surface area contributed by atoms with E-state index in [1.807, 2.05) is 11.4 Å². The molecule has 1 saturated carbocycles. The topological polar surface area (TPSA) is 54.9 Å². The Balaban J connectivity index is 1.76. The molecule has 98 valence electrons. The van der Waals surface area contributed by atoms with Crippen molar-refractivity contribution in [3.05, 3.63) is 44.6 Å². The normalized spacial score (nSPS) is 14.4.